The molecule has 3 atom stereocenters. The summed E-state index contributed by atoms with van der Waals surface area (Å²) in [5.41, 5.74) is 4.52. The van der Waals surface area contributed by atoms with Crippen LogP contribution in [-0.2, 0) is 4.79 Å². The Morgan fingerprint density at radius 1 is 1.04 bits per heavy atom. The summed E-state index contributed by atoms with van der Waals surface area (Å²) in [7, 11) is 0. The first-order valence-electron chi connectivity index (χ1n) is 8.53. The number of aromatic nitrogens is 3. The van der Waals surface area contributed by atoms with Crippen molar-refractivity contribution in [3.63, 3.8) is 0 Å². The molecule has 2 aromatic heterocycles. The van der Waals surface area contributed by atoms with Gasteiger partial charge in [0.05, 0.1) is 5.92 Å². The van der Waals surface area contributed by atoms with E-state index in [1.165, 1.54) is 6.07 Å². The van der Waals surface area contributed by atoms with E-state index < -0.39 is 11.8 Å². The number of hydrogen-bond donors (Lipinski definition) is 2. The molecule has 0 saturated heterocycles. The van der Waals surface area contributed by atoms with Crippen molar-refractivity contribution < 1.29 is 14.4 Å². The van der Waals surface area contributed by atoms with E-state index in [2.05, 4.69) is 15.0 Å². The fourth-order valence-corrected chi connectivity index (χ4v) is 3.52. The summed E-state index contributed by atoms with van der Waals surface area (Å²) in [6.07, 6.45) is 5.09. The van der Waals surface area contributed by atoms with Gasteiger partial charge in [0.2, 0.25) is 5.91 Å². The average molecular weight is 364 g/mol. The molecule has 0 spiro atoms. The van der Waals surface area contributed by atoms with Crippen molar-refractivity contribution in [2.24, 2.45) is 5.92 Å². The SMILES string of the molecule is Cc1cnc(-c2ccc(C3C(C(=O)NO)C3c3ccccc3F)cn2)nc1. The van der Waals surface area contributed by atoms with Crippen molar-refractivity contribution in [2.45, 2.75) is 18.8 Å². The largest absolute Gasteiger partial charge is 0.289 e. The second kappa shape index (κ2) is 6.85. The summed E-state index contributed by atoms with van der Waals surface area (Å²) in [5.74, 6) is -1.53. The molecule has 0 aliphatic heterocycles. The van der Waals surface area contributed by atoms with Crippen molar-refractivity contribution in [3.8, 4) is 11.5 Å². The number of benzene rings is 1. The topological polar surface area (TPSA) is 88.0 Å². The molecular formula is C20H17FN4O2. The number of pyridine rings is 1. The summed E-state index contributed by atoms with van der Waals surface area (Å²) in [5, 5.41) is 9.03. The zero-order valence-electron chi connectivity index (χ0n) is 14.5. The lowest BCUT2D eigenvalue weighted by atomic mass is 10.1. The van der Waals surface area contributed by atoms with Gasteiger partial charge in [0.15, 0.2) is 5.82 Å². The van der Waals surface area contributed by atoms with Gasteiger partial charge in [-0.2, -0.15) is 0 Å². The Labute approximate surface area is 155 Å². The summed E-state index contributed by atoms with van der Waals surface area (Å²) in [6, 6.07) is 10.0. The maximum atomic E-state index is 14.2. The highest BCUT2D eigenvalue weighted by Crippen LogP contribution is 2.60. The minimum atomic E-state index is -0.546. The number of nitrogens with zero attached hydrogens (tertiary/aromatic N) is 3. The van der Waals surface area contributed by atoms with E-state index in [1.807, 2.05) is 13.0 Å². The molecule has 1 aliphatic rings. The lowest BCUT2D eigenvalue weighted by Gasteiger charge is -2.04. The molecule has 1 amide bonds. The molecule has 0 bridgehead atoms. The van der Waals surface area contributed by atoms with Crippen molar-refractivity contribution in [1.82, 2.24) is 20.4 Å². The number of carbonyl (C=O) groups excluding carboxylic acids is 1. The minimum absolute atomic E-state index is 0.255. The Bertz CT molecular complexity index is 976. The molecule has 3 unspecified atom stereocenters. The summed E-state index contributed by atoms with van der Waals surface area (Å²) in [6.45, 7) is 1.91. The molecule has 27 heavy (non-hydrogen) atoms. The van der Waals surface area contributed by atoms with Crippen molar-refractivity contribution in [3.05, 3.63) is 77.5 Å². The highest BCUT2D eigenvalue weighted by molar-refractivity contribution is 5.84. The number of carbonyl (C=O) groups is 1. The minimum Gasteiger partial charge on any atom is -0.289 e. The van der Waals surface area contributed by atoms with Crippen LogP contribution in [0.5, 0.6) is 0 Å². The Balaban J connectivity index is 1.64. The van der Waals surface area contributed by atoms with E-state index in [-0.39, 0.29) is 17.7 Å². The first kappa shape index (κ1) is 17.2. The number of nitrogens with one attached hydrogen (secondary N) is 1. The fourth-order valence-electron chi connectivity index (χ4n) is 3.52. The first-order chi connectivity index (χ1) is 13.1. The van der Waals surface area contributed by atoms with Crippen LogP contribution in [0.4, 0.5) is 4.39 Å². The van der Waals surface area contributed by atoms with E-state index in [9.17, 15) is 9.18 Å². The van der Waals surface area contributed by atoms with E-state index in [0.717, 1.165) is 11.1 Å². The third-order valence-electron chi connectivity index (χ3n) is 4.88. The monoisotopic (exact) mass is 364 g/mol. The molecule has 1 aliphatic carbocycles. The molecule has 7 heteroatoms. The highest BCUT2D eigenvalue weighted by atomic mass is 19.1. The predicted molar refractivity (Wildman–Crippen MR) is 95.3 cm³/mol. The highest BCUT2D eigenvalue weighted by Gasteiger charge is 2.57. The predicted octanol–water partition coefficient (Wildman–Crippen LogP) is 2.99. The average Bonchev–Trinajstić information content (AvgIpc) is 3.44. The Morgan fingerprint density at radius 2 is 1.78 bits per heavy atom. The maximum Gasteiger partial charge on any atom is 0.247 e. The number of amides is 1. The molecule has 1 saturated carbocycles. The Hall–Kier alpha value is -3.19. The van der Waals surface area contributed by atoms with Crippen molar-refractivity contribution in [2.75, 3.05) is 0 Å². The van der Waals surface area contributed by atoms with Crippen LogP contribution in [-0.4, -0.2) is 26.1 Å². The Kier molecular flexibility index (Phi) is 4.37. The van der Waals surface area contributed by atoms with E-state index in [0.29, 0.717) is 17.1 Å². The molecule has 6 nitrogen and oxygen atoms in total. The van der Waals surface area contributed by atoms with Gasteiger partial charge in [-0.05, 0) is 35.7 Å². The molecule has 1 fully saturated rings. The van der Waals surface area contributed by atoms with Crippen molar-refractivity contribution >= 4 is 5.91 Å². The van der Waals surface area contributed by atoms with Crippen LogP contribution in [0.1, 0.15) is 28.5 Å². The van der Waals surface area contributed by atoms with Crippen LogP contribution in [0, 0.1) is 18.7 Å². The van der Waals surface area contributed by atoms with Gasteiger partial charge in [-0.3, -0.25) is 15.0 Å². The molecule has 3 aromatic rings. The van der Waals surface area contributed by atoms with Crippen LogP contribution in [0.2, 0.25) is 0 Å². The van der Waals surface area contributed by atoms with E-state index in [1.54, 1.807) is 48.3 Å². The molecule has 4 rings (SSSR count). The second-order valence-corrected chi connectivity index (χ2v) is 6.64. The molecule has 136 valence electrons. The normalized spacial score (nSPS) is 20.9. The number of rotatable bonds is 4. The van der Waals surface area contributed by atoms with Crippen LogP contribution >= 0.6 is 0 Å². The molecule has 2 N–H and O–H groups in total. The second-order valence-electron chi connectivity index (χ2n) is 6.64. The molecule has 1 aromatic carbocycles. The molecular weight excluding hydrogens is 347 g/mol. The summed E-state index contributed by atoms with van der Waals surface area (Å²) < 4.78 is 14.2. The zero-order chi connectivity index (χ0) is 19.0. The number of halogens is 1. The smallest absolute Gasteiger partial charge is 0.247 e. The molecule has 2 heterocycles. The quantitative estimate of drug-likeness (QED) is 0.549. The molecule has 0 radical (unpaired) electrons. The fraction of sp³-hybridized carbons (Fsp3) is 0.200. The number of aryl methyl sites for hydroxylation is 1. The Morgan fingerprint density at radius 3 is 2.41 bits per heavy atom. The third-order valence-corrected chi connectivity index (χ3v) is 4.88. The lowest BCUT2D eigenvalue weighted by Crippen LogP contribution is -2.21. The van der Waals surface area contributed by atoms with Gasteiger partial charge in [0.1, 0.15) is 11.5 Å². The summed E-state index contributed by atoms with van der Waals surface area (Å²) in [4.78, 5) is 24.9. The number of hydrogen-bond acceptors (Lipinski definition) is 5. The van der Waals surface area contributed by atoms with Gasteiger partial charge < -0.3 is 0 Å². The van der Waals surface area contributed by atoms with Crippen LogP contribution in [0.3, 0.4) is 0 Å². The van der Waals surface area contributed by atoms with Crippen LogP contribution < -0.4 is 5.48 Å². The zero-order valence-corrected chi connectivity index (χ0v) is 14.5. The van der Waals surface area contributed by atoms with E-state index in [4.69, 9.17) is 5.21 Å². The van der Waals surface area contributed by atoms with Crippen LogP contribution in [0.25, 0.3) is 11.5 Å². The van der Waals surface area contributed by atoms with Gasteiger partial charge in [-0.15, -0.1) is 0 Å². The van der Waals surface area contributed by atoms with Crippen molar-refractivity contribution in [1.29, 1.82) is 0 Å². The van der Waals surface area contributed by atoms with Gasteiger partial charge in [-0.1, -0.05) is 24.3 Å². The van der Waals surface area contributed by atoms with Gasteiger partial charge in [-0.25, -0.2) is 19.8 Å². The standard InChI is InChI=1S/C20H17FN4O2/c1-11-8-23-19(24-9-11)15-7-6-12(10-22-15)16-17(18(16)20(26)25-27)13-4-2-3-5-14(13)21/h2-10,16-18,27H,1H3,(H,25,26). The maximum absolute atomic E-state index is 14.2. The van der Waals surface area contributed by atoms with Crippen LogP contribution in [0.15, 0.2) is 55.0 Å². The summed E-state index contributed by atoms with van der Waals surface area (Å²) >= 11 is 0. The lowest BCUT2D eigenvalue weighted by molar-refractivity contribution is -0.130. The van der Waals surface area contributed by atoms with E-state index >= 15 is 0 Å². The van der Waals surface area contributed by atoms with Gasteiger partial charge in [0.25, 0.3) is 0 Å². The number of hydroxylamine groups is 1. The van der Waals surface area contributed by atoms with Gasteiger partial charge >= 0.3 is 0 Å². The first-order valence-corrected chi connectivity index (χ1v) is 8.53. The third kappa shape index (κ3) is 3.17. The van der Waals surface area contributed by atoms with Gasteiger partial charge in [0, 0.05) is 30.4 Å².